The number of rotatable bonds is 1. The second-order valence-electron chi connectivity index (χ2n) is 14.9. The number of hydrogen-bond acceptors (Lipinski definition) is 2. The number of allylic oxidation sites excluding steroid dienone is 2. The molecule has 3 nitrogen and oxygen atoms in total. The molecule has 0 aliphatic heterocycles. The Bertz CT molecular complexity index is 889. The van der Waals surface area contributed by atoms with Gasteiger partial charge in [-0.15, -0.1) is 0 Å². The van der Waals surface area contributed by atoms with E-state index in [0.29, 0.717) is 17.8 Å². The molecule has 0 aromatic heterocycles. The first kappa shape index (κ1) is 23.9. The van der Waals surface area contributed by atoms with E-state index in [9.17, 15) is 15.0 Å². The number of aliphatic carboxylic acids is 1. The molecule has 0 heterocycles. The van der Waals surface area contributed by atoms with Crippen LogP contribution in [0.25, 0.3) is 0 Å². The van der Waals surface area contributed by atoms with E-state index in [4.69, 9.17) is 0 Å². The Hall–Kier alpha value is -0.830. The number of carbonyl (C=O) groups is 1. The van der Waals surface area contributed by atoms with Gasteiger partial charge in [-0.2, -0.15) is 0 Å². The number of fused-ring (bicyclic) bond motifs is 7. The Morgan fingerprint density at radius 1 is 0.879 bits per heavy atom. The van der Waals surface area contributed by atoms with E-state index in [1.807, 2.05) is 6.92 Å². The monoisotopic (exact) mass is 456 g/mol. The first-order valence-corrected chi connectivity index (χ1v) is 13.8. The maximum absolute atomic E-state index is 12.2. The summed E-state index contributed by atoms with van der Waals surface area (Å²) in [6, 6.07) is 0. The van der Waals surface area contributed by atoms with E-state index in [0.717, 1.165) is 38.5 Å². The molecular weight excluding hydrogens is 408 g/mol. The zero-order chi connectivity index (χ0) is 24.2. The third-order valence-corrected chi connectivity index (χ3v) is 13.3. The van der Waals surface area contributed by atoms with E-state index in [1.54, 1.807) is 5.57 Å². The Morgan fingerprint density at radius 2 is 1.55 bits per heavy atom. The number of aliphatic hydroxyl groups is 1. The van der Waals surface area contributed by atoms with Crippen LogP contribution in [0.5, 0.6) is 0 Å². The highest BCUT2D eigenvalue weighted by atomic mass is 16.4. The van der Waals surface area contributed by atoms with Gasteiger partial charge in [0.25, 0.3) is 0 Å². The van der Waals surface area contributed by atoms with Crippen molar-refractivity contribution in [3.8, 4) is 0 Å². The molecule has 0 aromatic rings. The van der Waals surface area contributed by atoms with E-state index in [-0.39, 0.29) is 33.2 Å². The largest absolute Gasteiger partial charge is 0.481 e. The summed E-state index contributed by atoms with van der Waals surface area (Å²) < 4.78 is 0. The standard InChI is InChI=1S/C30H48O3/c1-25(2)21-10-13-30(7)22(28(21,5)12-11-23(25)31)9-8-19-20-18-27(4,24(32)33)15-14-26(20,3)16-17-29(19,30)6/h8,20-23,31H,9-18H2,1-7H3,(H,32,33)/t20-,21?,22?,23?,26+,27+,28-,29?,30+/m0/s1. The molecule has 9 atom stereocenters. The molecule has 0 radical (unpaired) electrons. The van der Waals surface area contributed by atoms with Crippen LogP contribution >= 0.6 is 0 Å². The predicted octanol–water partition coefficient (Wildman–Crippen LogP) is 7.23. The molecule has 4 fully saturated rings. The molecule has 33 heavy (non-hydrogen) atoms. The number of carboxylic acids is 1. The highest BCUT2D eigenvalue weighted by molar-refractivity contribution is 5.74. The average Bonchev–Trinajstić information content (AvgIpc) is 2.73. The average molecular weight is 457 g/mol. The van der Waals surface area contributed by atoms with E-state index >= 15 is 0 Å². The minimum atomic E-state index is -0.603. The van der Waals surface area contributed by atoms with Gasteiger partial charge in [0.1, 0.15) is 0 Å². The molecule has 0 spiro atoms. The first-order chi connectivity index (χ1) is 15.1. The lowest BCUT2D eigenvalue weighted by molar-refractivity contribution is -0.203. The molecule has 2 N–H and O–H groups in total. The summed E-state index contributed by atoms with van der Waals surface area (Å²) in [4.78, 5) is 12.2. The zero-order valence-corrected chi connectivity index (χ0v) is 22.3. The third-order valence-electron chi connectivity index (χ3n) is 13.3. The smallest absolute Gasteiger partial charge is 0.309 e. The van der Waals surface area contributed by atoms with Crippen LogP contribution in [-0.2, 0) is 4.79 Å². The highest BCUT2D eigenvalue weighted by Gasteiger charge is 2.68. The van der Waals surface area contributed by atoms with Crippen LogP contribution in [0, 0.1) is 50.2 Å². The molecular formula is C30H48O3. The molecule has 4 unspecified atom stereocenters. The van der Waals surface area contributed by atoms with Crippen molar-refractivity contribution in [2.75, 3.05) is 0 Å². The van der Waals surface area contributed by atoms with Crippen molar-refractivity contribution >= 4 is 5.97 Å². The number of aliphatic hydroxyl groups excluding tert-OH is 1. The highest BCUT2D eigenvalue weighted by Crippen LogP contribution is 2.75. The fourth-order valence-corrected chi connectivity index (χ4v) is 10.5. The fraction of sp³-hybridized carbons (Fsp3) is 0.900. The summed E-state index contributed by atoms with van der Waals surface area (Å²) in [5.74, 6) is 1.01. The van der Waals surface area contributed by atoms with Crippen molar-refractivity contribution in [3.05, 3.63) is 11.6 Å². The third kappa shape index (κ3) is 2.87. The van der Waals surface area contributed by atoms with E-state index in [2.05, 4.69) is 47.6 Å². The Labute approximate surface area is 201 Å². The van der Waals surface area contributed by atoms with Gasteiger partial charge in [0, 0.05) is 0 Å². The molecule has 186 valence electrons. The Balaban J connectivity index is 1.57. The van der Waals surface area contributed by atoms with E-state index < -0.39 is 11.4 Å². The van der Waals surface area contributed by atoms with Crippen LogP contribution < -0.4 is 0 Å². The van der Waals surface area contributed by atoms with Crippen molar-refractivity contribution in [2.45, 2.75) is 119 Å². The molecule has 0 saturated heterocycles. The van der Waals surface area contributed by atoms with Crippen molar-refractivity contribution < 1.29 is 15.0 Å². The van der Waals surface area contributed by atoms with Crippen LogP contribution in [0.15, 0.2) is 11.6 Å². The molecule has 5 aliphatic carbocycles. The molecule has 0 aromatic carbocycles. The summed E-state index contributed by atoms with van der Waals surface area (Å²) in [7, 11) is 0. The van der Waals surface area contributed by atoms with Crippen LogP contribution in [0.2, 0.25) is 0 Å². The Morgan fingerprint density at radius 3 is 2.21 bits per heavy atom. The number of carboxylic acid groups (broad SMARTS) is 1. The van der Waals surface area contributed by atoms with Crippen molar-refractivity contribution in [2.24, 2.45) is 50.2 Å². The van der Waals surface area contributed by atoms with Gasteiger partial charge in [0.05, 0.1) is 11.5 Å². The van der Waals surface area contributed by atoms with Gasteiger partial charge in [0.15, 0.2) is 0 Å². The molecule has 0 amide bonds. The first-order valence-electron chi connectivity index (χ1n) is 13.8. The van der Waals surface area contributed by atoms with Gasteiger partial charge in [0.2, 0.25) is 0 Å². The summed E-state index contributed by atoms with van der Waals surface area (Å²) in [5.41, 5.74) is 1.94. The normalized spacial score (nSPS) is 55.3. The minimum absolute atomic E-state index is 0.0168. The summed E-state index contributed by atoms with van der Waals surface area (Å²) in [6.07, 6.45) is 13.2. The van der Waals surface area contributed by atoms with Crippen LogP contribution in [-0.4, -0.2) is 22.3 Å². The molecule has 5 rings (SSSR count). The molecule has 4 saturated carbocycles. The molecule has 3 heteroatoms. The van der Waals surface area contributed by atoms with Crippen LogP contribution in [0.3, 0.4) is 0 Å². The topological polar surface area (TPSA) is 57.5 Å². The Kier molecular flexibility index (Phi) is 4.99. The maximum atomic E-state index is 12.2. The van der Waals surface area contributed by atoms with Gasteiger partial charge < -0.3 is 10.2 Å². The van der Waals surface area contributed by atoms with Crippen LogP contribution in [0.4, 0.5) is 0 Å². The quantitative estimate of drug-likeness (QED) is 0.409. The van der Waals surface area contributed by atoms with Gasteiger partial charge in [-0.05, 0) is 116 Å². The van der Waals surface area contributed by atoms with Gasteiger partial charge in [-0.1, -0.05) is 53.2 Å². The lowest BCUT2D eigenvalue weighted by Crippen LogP contribution is -2.64. The summed E-state index contributed by atoms with van der Waals surface area (Å²) in [6.45, 7) is 16.8. The van der Waals surface area contributed by atoms with Gasteiger partial charge >= 0.3 is 5.97 Å². The number of hydrogen-bond donors (Lipinski definition) is 2. The zero-order valence-electron chi connectivity index (χ0n) is 22.3. The lowest BCUT2D eigenvalue weighted by atomic mass is 9.33. The van der Waals surface area contributed by atoms with Crippen LogP contribution in [0.1, 0.15) is 113 Å². The van der Waals surface area contributed by atoms with Crippen molar-refractivity contribution in [1.29, 1.82) is 0 Å². The van der Waals surface area contributed by atoms with E-state index in [1.165, 1.54) is 25.7 Å². The van der Waals surface area contributed by atoms with Crippen molar-refractivity contribution in [1.82, 2.24) is 0 Å². The van der Waals surface area contributed by atoms with Gasteiger partial charge in [-0.3, -0.25) is 4.79 Å². The fourth-order valence-electron chi connectivity index (χ4n) is 10.5. The second-order valence-corrected chi connectivity index (χ2v) is 14.9. The summed E-state index contributed by atoms with van der Waals surface area (Å²) >= 11 is 0. The SMILES string of the molecule is CC1(C)C(O)CC[C@@]2(C)C1CC[C@]1(C)C2CC=C2[C@@H]3C[C@](C)(C(=O)O)CC[C@]3(C)CCC21C. The summed E-state index contributed by atoms with van der Waals surface area (Å²) in [5, 5.41) is 20.9. The maximum Gasteiger partial charge on any atom is 0.309 e. The van der Waals surface area contributed by atoms with Gasteiger partial charge in [-0.25, -0.2) is 0 Å². The minimum Gasteiger partial charge on any atom is -0.481 e. The molecule has 5 aliphatic rings. The predicted molar refractivity (Wildman–Crippen MR) is 133 cm³/mol. The van der Waals surface area contributed by atoms with Crippen molar-refractivity contribution in [3.63, 3.8) is 0 Å². The second kappa shape index (κ2) is 6.89. The molecule has 0 bridgehead atoms. The lowest BCUT2D eigenvalue weighted by Gasteiger charge is -2.71.